The van der Waals surface area contributed by atoms with Crippen molar-refractivity contribution in [1.29, 1.82) is 0 Å². The highest BCUT2D eigenvalue weighted by Crippen LogP contribution is 2.16. The number of carbonyl (C=O) groups excluding carboxylic acids is 2. The van der Waals surface area contributed by atoms with Crippen molar-refractivity contribution >= 4 is 17.5 Å². The molecule has 0 aliphatic heterocycles. The van der Waals surface area contributed by atoms with Crippen LogP contribution in [0.4, 0.5) is 10.1 Å². The summed E-state index contributed by atoms with van der Waals surface area (Å²) in [6, 6.07) is 2.83. The molecule has 0 saturated heterocycles. The summed E-state index contributed by atoms with van der Waals surface area (Å²) >= 11 is 0. The molecule has 0 heterocycles. The van der Waals surface area contributed by atoms with Crippen LogP contribution in [0.3, 0.4) is 0 Å². The fourth-order valence-electron chi connectivity index (χ4n) is 1.55. The number of rotatable bonds is 6. The highest BCUT2D eigenvalue weighted by atomic mass is 19.1. The molecule has 0 fully saturated rings. The summed E-state index contributed by atoms with van der Waals surface area (Å²) in [6.07, 6.45) is 2.27. The van der Waals surface area contributed by atoms with E-state index >= 15 is 0 Å². The third kappa shape index (κ3) is 4.33. The molecular weight excluding hydrogens is 249 g/mol. The number of hydrogen-bond acceptors (Lipinski definition) is 3. The lowest BCUT2D eigenvalue weighted by molar-refractivity contribution is -0.117. The molecule has 0 aromatic heterocycles. The Morgan fingerprint density at radius 1 is 1.42 bits per heavy atom. The first-order chi connectivity index (χ1) is 8.95. The molecule has 1 atom stereocenters. The SMILES string of the molecule is CCCCC(N)C(=O)Nc1cc(C(N)=O)ccc1F. The van der Waals surface area contributed by atoms with Gasteiger partial charge in [0.05, 0.1) is 11.7 Å². The number of amides is 2. The average Bonchev–Trinajstić information content (AvgIpc) is 2.38. The molecule has 6 heteroatoms. The largest absolute Gasteiger partial charge is 0.366 e. The lowest BCUT2D eigenvalue weighted by atomic mass is 10.1. The average molecular weight is 267 g/mol. The van der Waals surface area contributed by atoms with Crippen LogP contribution < -0.4 is 16.8 Å². The van der Waals surface area contributed by atoms with Gasteiger partial charge in [-0.2, -0.15) is 0 Å². The first-order valence-electron chi connectivity index (χ1n) is 6.11. The molecule has 0 spiro atoms. The molecular formula is C13H18FN3O2. The number of benzene rings is 1. The Morgan fingerprint density at radius 2 is 2.11 bits per heavy atom. The van der Waals surface area contributed by atoms with E-state index in [1.54, 1.807) is 0 Å². The van der Waals surface area contributed by atoms with E-state index in [9.17, 15) is 14.0 Å². The van der Waals surface area contributed by atoms with Gasteiger partial charge >= 0.3 is 0 Å². The van der Waals surface area contributed by atoms with Crippen molar-refractivity contribution in [3.8, 4) is 0 Å². The molecule has 1 aromatic carbocycles. The fraction of sp³-hybridized carbons (Fsp3) is 0.385. The minimum atomic E-state index is -0.698. The maximum Gasteiger partial charge on any atom is 0.248 e. The van der Waals surface area contributed by atoms with Gasteiger partial charge < -0.3 is 16.8 Å². The zero-order chi connectivity index (χ0) is 14.4. The summed E-state index contributed by atoms with van der Waals surface area (Å²) in [4.78, 5) is 22.7. The van der Waals surface area contributed by atoms with E-state index in [-0.39, 0.29) is 11.3 Å². The molecule has 0 aliphatic rings. The van der Waals surface area contributed by atoms with Gasteiger partial charge in [0, 0.05) is 5.56 Å². The summed E-state index contributed by atoms with van der Waals surface area (Å²) < 4.78 is 13.5. The number of hydrogen-bond donors (Lipinski definition) is 3. The molecule has 1 rings (SSSR count). The van der Waals surface area contributed by atoms with Crippen molar-refractivity contribution in [3.05, 3.63) is 29.6 Å². The van der Waals surface area contributed by atoms with Crippen molar-refractivity contribution in [1.82, 2.24) is 0 Å². The number of anilines is 1. The standard InChI is InChI=1S/C13H18FN3O2/c1-2-3-4-10(15)13(19)17-11-7-8(12(16)18)5-6-9(11)14/h5-7,10H,2-4,15H2,1H3,(H2,16,18)(H,17,19). The maximum absolute atomic E-state index is 13.5. The van der Waals surface area contributed by atoms with E-state index in [0.29, 0.717) is 6.42 Å². The molecule has 0 aliphatic carbocycles. The maximum atomic E-state index is 13.5. The number of unbranched alkanes of at least 4 members (excludes halogenated alkanes) is 1. The highest BCUT2D eigenvalue weighted by molar-refractivity contribution is 5.97. The Labute approximate surface area is 111 Å². The van der Waals surface area contributed by atoms with E-state index in [0.717, 1.165) is 18.9 Å². The molecule has 104 valence electrons. The van der Waals surface area contributed by atoms with Gasteiger partial charge in [0.2, 0.25) is 11.8 Å². The van der Waals surface area contributed by atoms with Gasteiger partial charge in [-0.3, -0.25) is 9.59 Å². The van der Waals surface area contributed by atoms with Crippen molar-refractivity contribution in [2.24, 2.45) is 11.5 Å². The van der Waals surface area contributed by atoms with Gasteiger partial charge in [0.1, 0.15) is 5.82 Å². The molecule has 5 nitrogen and oxygen atoms in total. The lowest BCUT2D eigenvalue weighted by Gasteiger charge is -2.12. The van der Waals surface area contributed by atoms with Gasteiger partial charge in [-0.1, -0.05) is 19.8 Å². The summed E-state index contributed by atoms with van der Waals surface area (Å²) in [5.74, 6) is -1.80. The van der Waals surface area contributed by atoms with Crippen molar-refractivity contribution < 1.29 is 14.0 Å². The van der Waals surface area contributed by atoms with E-state index in [1.807, 2.05) is 6.92 Å². The molecule has 5 N–H and O–H groups in total. The Morgan fingerprint density at radius 3 is 2.68 bits per heavy atom. The van der Waals surface area contributed by atoms with E-state index < -0.39 is 23.7 Å². The van der Waals surface area contributed by atoms with Crippen molar-refractivity contribution in [3.63, 3.8) is 0 Å². The minimum absolute atomic E-state index is 0.0896. The summed E-state index contributed by atoms with van der Waals surface area (Å²) in [7, 11) is 0. The Hall–Kier alpha value is -1.95. The van der Waals surface area contributed by atoms with Crippen LogP contribution in [-0.4, -0.2) is 17.9 Å². The van der Waals surface area contributed by atoms with Gasteiger partial charge in [-0.05, 0) is 24.6 Å². The topological polar surface area (TPSA) is 98.2 Å². The van der Waals surface area contributed by atoms with Crippen LogP contribution >= 0.6 is 0 Å². The zero-order valence-corrected chi connectivity index (χ0v) is 10.8. The number of primary amides is 1. The molecule has 19 heavy (non-hydrogen) atoms. The number of halogens is 1. The second kappa shape index (κ2) is 6.84. The zero-order valence-electron chi connectivity index (χ0n) is 10.8. The van der Waals surface area contributed by atoms with Crippen LogP contribution in [0, 0.1) is 5.82 Å². The first kappa shape index (κ1) is 15.1. The fourth-order valence-corrected chi connectivity index (χ4v) is 1.55. The molecule has 0 bridgehead atoms. The Balaban J connectivity index is 2.78. The van der Waals surface area contributed by atoms with Gasteiger partial charge in [0.15, 0.2) is 0 Å². The minimum Gasteiger partial charge on any atom is -0.366 e. The summed E-state index contributed by atoms with van der Waals surface area (Å²) in [5.41, 5.74) is 10.8. The van der Waals surface area contributed by atoms with E-state index in [1.165, 1.54) is 12.1 Å². The van der Waals surface area contributed by atoms with Crippen LogP contribution in [0.5, 0.6) is 0 Å². The highest BCUT2D eigenvalue weighted by Gasteiger charge is 2.15. The third-order valence-electron chi connectivity index (χ3n) is 2.71. The van der Waals surface area contributed by atoms with E-state index in [4.69, 9.17) is 11.5 Å². The quantitative estimate of drug-likeness (QED) is 0.726. The van der Waals surface area contributed by atoms with Crippen LogP contribution in [-0.2, 0) is 4.79 Å². The number of nitrogens with one attached hydrogen (secondary N) is 1. The van der Waals surface area contributed by atoms with Crippen molar-refractivity contribution in [2.45, 2.75) is 32.2 Å². The predicted octanol–water partition coefficient (Wildman–Crippen LogP) is 1.38. The van der Waals surface area contributed by atoms with Crippen LogP contribution in [0.15, 0.2) is 18.2 Å². The Bertz CT molecular complexity index is 477. The second-order valence-corrected chi connectivity index (χ2v) is 4.30. The van der Waals surface area contributed by atoms with Gasteiger partial charge in [-0.25, -0.2) is 4.39 Å². The predicted molar refractivity (Wildman–Crippen MR) is 71.0 cm³/mol. The molecule has 0 saturated carbocycles. The van der Waals surface area contributed by atoms with Crippen LogP contribution in [0.25, 0.3) is 0 Å². The number of carbonyl (C=O) groups is 2. The summed E-state index contributed by atoms with van der Waals surface area (Å²) in [5, 5.41) is 2.37. The van der Waals surface area contributed by atoms with E-state index in [2.05, 4.69) is 5.32 Å². The Kier molecular flexibility index (Phi) is 5.44. The van der Waals surface area contributed by atoms with Gasteiger partial charge in [0.25, 0.3) is 0 Å². The first-order valence-corrected chi connectivity index (χ1v) is 6.11. The van der Waals surface area contributed by atoms with Gasteiger partial charge in [-0.15, -0.1) is 0 Å². The molecule has 2 amide bonds. The smallest absolute Gasteiger partial charge is 0.248 e. The van der Waals surface area contributed by atoms with Crippen LogP contribution in [0.1, 0.15) is 36.5 Å². The monoisotopic (exact) mass is 267 g/mol. The summed E-state index contributed by atoms with van der Waals surface area (Å²) in [6.45, 7) is 1.99. The molecule has 0 radical (unpaired) electrons. The number of nitrogens with two attached hydrogens (primary N) is 2. The van der Waals surface area contributed by atoms with Crippen LogP contribution in [0.2, 0.25) is 0 Å². The molecule has 1 aromatic rings. The van der Waals surface area contributed by atoms with Crippen molar-refractivity contribution in [2.75, 3.05) is 5.32 Å². The second-order valence-electron chi connectivity index (χ2n) is 4.30. The normalized spacial score (nSPS) is 11.9. The lowest BCUT2D eigenvalue weighted by Crippen LogP contribution is -2.35. The molecule has 1 unspecified atom stereocenters. The third-order valence-corrected chi connectivity index (χ3v) is 2.71.